The zero-order chi connectivity index (χ0) is 19.7. The van der Waals surface area contributed by atoms with Crippen LogP contribution in [0, 0.1) is 5.41 Å². The highest BCUT2D eigenvalue weighted by atomic mass is 35.5. The molecule has 0 aliphatic carbocycles. The summed E-state index contributed by atoms with van der Waals surface area (Å²) in [5, 5.41) is 15.5. The molecule has 9 heteroatoms. The maximum absolute atomic E-state index is 11.9. The number of H-pyrrole nitrogens is 1. The van der Waals surface area contributed by atoms with E-state index in [2.05, 4.69) is 25.6 Å². The van der Waals surface area contributed by atoms with Gasteiger partial charge >= 0.3 is 0 Å². The highest BCUT2D eigenvalue weighted by Crippen LogP contribution is 2.32. The minimum Gasteiger partial charge on any atom is -0.383 e. The van der Waals surface area contributed by atoms with E-state index in [1.54, 1.807) is 25.2 Å². The van der Waals surface area contributed by atoms with Crippen LogP contribution in [0.4, 0.5) is 11.6 Å². The number of hydrogen-bond acceptors (Lipinski definition) is 6. The van der Waals surface area contributed by atoms with Crippen molar-refractivity contribution in [1.29, 1.82) is 5.41 Å². The second-order valence-corrected chi connectivity index (χ2v) is 6.69. The van der Waals surface area contributed by atoms with Crippen LogP contribution in [0.15, 0.2) is 24.5 Å². The number of anilines is 2. The SMILES string of the molecule is CNC(=O)c1ccc2c(Cl)c(C(=N)c3c(N)ncnc3NC(C)C)[nH]c2c1. The zero-order valence-electron chi connectivity index (χ0n) is 15.1. The minimum atomic E-state index is -0.205. The molecular weight excluding hydrogens is 366 g/mol. The smallest absolute Gasteiger partial charge is 0.251 e. The first-order valence-electron chi connectivity index (χ1n) is 8.33. The molecule has 6 N–H and O–H groups in total. The molecule has 1 amide bonds. The first kappa shape index (κ1) is 18.7. The van der Waals surface area contributed by atoms with Gasteiger partial charge in [0.15, 0.2) is 0 Å². The predicted octanol–water partition coefficient (Wildman–Crippen LogP) is 2.79. The molecule has 0 unspecified atom stereocenters. The Balaban J connectivity index is 2.12. The third-order valence-corrected chi connectivity index (χ3v) is 4.42. The molecule has 0 atom stereocenters. The molecule has 8 nitrogen and oxygen atoms in total. The zero-order valence-corrected chi connectivity index (χ0v) is 15.9. The molecular formula is C18H20ClN7O. The molecule has 2 aromatic heterocycles. The standard InChI is InChI=1S/C18H20ClN7O/c1-8(2)25-17-12(16(21)23-7-24-17)14(20)15-13(19)10-5-4-9(18(27)22-3)6-11(10)26-15/h4-8,20,26H,1-3H3,(H,22,27)(H3,21,23,24,25). The van der Waals surface area contributed by atoms with Crippen LogP contribution in [0.25, 0.3) is 10.9 Å². The Morgan fingerprint density at radius 3 is 2.74 bits per heavy atom. The van der Waals surface area contributed by atoms with Crippen LogP contribution in [-0.2, 0) is 0 Å². The van der Waals surface area contributed by atoms with Gasteiger partial charge in [-0.1, -0.05) is 17.7 Å². The second-order valence-electron chi connectivity index (χ2n) is 6.31. The summed E-state index contributed by atoms with van der Waals surface area (Å²) in [7, 11) is 1.57. The lowest BCUT2D eigenvalue weighted by Crippen LogP contribution is -2.18. The largest absolute Gasteiger partial charge is 0.383 e. The number of amides is 1. The number of benzene rings is 1. The maximum atomic E-state index is 11.9. The minimum absolute atomic E-state index is 0.0685. The van der Waals surface area contributed by atoms with Gasteiger partial charge in [-0.25, -0.2) is 9.97 Å². The topological polar surface area (TPSA) is 133 Å². The molecule has 0 radical (unpaired) electrons. The van der Waals surface area contributed by atoms with Gasteiger partial charge in [-0.2, -0.15) is 0 Å². The van der Waals surface area contributed by atoms with Gasteiger partial charge < -0.3 is 21.4 Å². The number of rotatable bonds is 5. The molecule has 0 aliphatic rings. The van der Waals surface area contributed by atoms with E-state index >= 15 is 0 Å². The number of fused-ring (bicyclic) bond motifs is 1. The van der Waals surface area contributed by atoms with Crippen molar-refractivity contribution in [2.45, 2.75) is 19.9 Å². The van der Waals surface area contributed by atoms with Crippen LogP contribution in [0.3, 0.4) is 0 Å². The number of carbonyl (C=O) groups excluding carboxylic acids is 1. The van der Waals surface area contributed by atoms with Gasteiger partial charge in [0.2, 0.25) is 0 Å². The van der Waals surface area contributed by atoms with Gasteiger partial charge in [-0.05, 0) is 26.0 Å². The number of hydrogen-bond donors (Lipinski definition) is 5. The molecule has 0 saturated heterocycles. The molecule has 0 fully saturated rings. The van der Waals surface area contributed by atoms with Gasteiger partial charge in [0.25, 0.3) is 5.91 Å². The Hall–Kier alpha value is -3.13. The summed E-state index contributed by atoms with van der Waals surface area (Å²) < 4.78 is 0. The van der Waals surface area contributed by atoms with E-state index in [1.807, 2.05) is 13.8 Å². The number of nitrogen functional groups attached to an aromatic ring is 1. The second kappa shape index (κ2) is 7.24. The highest BCUT2D eigenvalue weighted by molar-refractivity contribution is 6.40. The lowest BCUT2D eigenvalue weighted by molar-refractivity contribution is 0.0963. The first-order chi connectivity index (χ1) is 12.8. The van der Waals surface area contributed by atoms with E-state index in [4.69, 9.17) is 22.7 Å². The molecule has 0 spiro atoms. The molecule has 2 heterocycles. The van der Waals surface area contributed by atoms with E-state index in [0.717, 1.165) is 0 Å². The van der Waals surface area contributed by atoms with Crippen molar-refractivity contribution in [2.75, 3.05) is 18.1 Å². The number of carbonyl (C=O) groups is 1. The monoisotopic (exact) mass is 385 g/mol. The van der Waals surface area contributed by atoms with Crippen LogP contribution in [0.2, 0.25) is 5.02 Å². The molecule has 140 valence electrons. The summed E-state index contributed by atoms with van der Waals surface area (Å²) >= 11 is 6.50. The van der Waals surface area contributed by atoms with E-state index in [0.29, 0.717) is 38.6 Å². The molecule has 27 heavy (non-hydrogen) atoms. The summed E-state index contributed by atoms with van der Waals surface area (Å²) in [6, 6.07) is 5.21. The van der Waals surface area contributed by atoms with Crippen molar-refractivity contribution in [3.63, 3.8) is 0 Å². The van der Waals surface area contributed by atoms with Crippen LogP contribution < -0.4 is 16.4 Å². The molecule has 3 rings (SSSR count). The fourth-order valence-electron chi connectivity index (χ4n) is 2.77. The van der Waals surface area contributed by atoms with E-state index in [1.165, 1.54) is 6.33 Å². The van der Waals surface area contributed by atoms with Gasteiger partial charge in [-0.15, -0.1) is 0 Å². The van der Waals surface area contributed by atoms with Crippen LogP contribution in [0.1, 0.15) is 35.5 Å². The molecule has 0 aliphatic heterocycles. The number of nitrogens with zero attached hydrogens (tertiary/aromatic N) is 2. The van der Waals surface area contributed by atoms with Crippen molar-refractivity contribution in [2.24, 2.45) is 0 Å². The summed E-state index contributed by atoms with van der Waals surface area (Å²) in [5.41, 5.74) is 7.98. The van der Waals surface area contributed by atoms with Crippen molar-refractivity contribution in [3.05, 3.63) is 46.4 Å². The van der Waals surface area contributed by atoms with Crippen LogP contribution >= 0.6 is 11.6 Å². The Bertz CT molecular complexity index is 1040. The number of aromatic nitrogens is 3. The lowest BCUT2D eigenvalue weighted by atomic mass is 10.1. The number of aromatic amines is 1. The Morgan fingerprint density at radius 2 is 2.07 bits per heavy atom. The fraction of sp³-hybridized carbons (Fsp3) is 0.222. The van der Waals surface area contributed by atoms with E-state index < -0.39 is 0 Å². The third kappa shape index (κ3) is 3.43. The predicted molar refractivity (Wildman–Crippen MR) is 108 cm³/mol. The molecule has 0 bridgehead atoms. The maximum Gasteiger partial charge on any atom is 0.251 e. The molecule has 3 aromatic rings. The number of nitrogens with two attached hydrogens (primary N) is 1. The van der Waals surface area contributed by atoms with Gasteiger partial charge in [0.05, 0.1) is 22.0 Å². The summed E-state index contributed by atoms with van der Waals surface area (Å²) in [5.74, 6) is 0.436. The van der Waals surface area contributed by atoms with E-state index in [9.17, 15) is 4.79 Å². The van der Waals surface area contributed by atoms with E-state index in [-0.39, 0.29) is 23.5 Å². The Morgan fingerprint density at radius 1 is 1.33 bits per heavy atom. The fourth-order valence-corrected chi connectivity index (χ4v) is 3.08. The Kier molecular flexibility index (Phi) is 5.00. The lowest BCUT2D eigenvalue weighted by Gasteiger charge is -2.15. The summed E-state index contributed by atoms with van der Waals surface area (Å²) in [6.07, 6.45) is 1.35. The van der Waals surface area contributed by atoms with Crippen molar-refractivity contribution in [1.82, 2.24) is 20.3 Å². The van der Waals surface area contributed by atoms with Crippen LogP contribution in [0.5, 0.6) is 0 Å². The van der Waals surface area contributed by atoms with Gasteiger partial charge in [0.1, 0.15) is 18.0 Å². The summed E-state index contributed by atoms with van der Waals surface area (Å²) in [4.78, 5) is 23.2. The summed E-state index contributed by atoms with van der Waals surface area (Å²) in [6.45, 7) is 3.92. The average molecular weight is 386 g/mol. The molecule has 0 saturated carbocycles. The van der Waals surface area contributed by atoms with Crippen molar-refractivity contribution in [3.8, 4) is 0 Å². The highest BCUT2D eigenvalue weighted by Gasteiger charge is 2.22. The van der Waals surface area contributed by atoms with Gasteiger partial charge in [0, 0.05) is 29.6 Å². The normalized spacial score (nSPS) is 11.0. The first-order valence-corrected chi connectivity index (χ1v) is 8.70. The van der Waals surface area contributed by atoms with Crippen molar-refractivity contribution < 1.29 is 4.79 Å². The number of nitrogens with one attached hydrogen (secondary N) is 4. The molecule has 1 aromatic carbocycles. The average Bonchev–Trinajstić information content (AvgIpc) is 2.96. The van der Waals surface area contributed by atoms with Gasteiger partial charge in [-0.3, -0.25) is 10.2 Å². The Labute approximate surface area is 161 Å². The van der Waals surface area contributed by atoms with Crippen molar-refractivity contribution >= 4 is 45.8 Å². The van der Waals surface area contributed by atoms with Crippen LogP contribution in [-0.4, -0.2) is 39.7 Å². The number of halogens is 1. The third-order valence-electron chi connectivity index (χ3n) is 4.03. The quantitative estimate of drug-likeness (QED) is 0.431.